The summed E-state index contributed by atoms with van der Waals surface area (Å²) >= 11 is 0. The zero-order chi connectivity index (χ0) is 21.1. The van der Waals surface area contributed by atoms with Crippen LogP contribution in [0.4, 0.5) is 11.5 Å². The molecule has 0 saturated carbocycles. The van der Waals surface area contributed by atoms with Gasteiger partial charge in [-0.25, -0.2) is 4.98 Å². The average molecular weight is 405 g/mol. The van der Waals surface area contributed by atoms with E-state index in [-0.39, 0.29) is 0 Å². The molecule has 4 rings (SSSR count). The zero-order valence-electron chi connectivity index (χ0n) is 17.3. The summed E-state index contributed by atoms with van der Waals surface area (Å²) in [6, 6.07) is 15.8. The Balaban J connectivity index is 1.71. The molecule has 0 aliphatic carbocycles. The number of fused-ring (bicyclic) bond motifs is 1. The highest BCUT2D eigenvalue weighted by molar-refractivity contribution is 5.96. The minimum Gasteiger partial charge on any atom is -0.493 e. The monoisotopic (exact) mass is 405 g/mol. The topological polar surface area (TPSA) is 77.6 Å². The van der Waals surface area contributed by atoms with Gasteiger partial charge in [0.1, 0.15) is 5.82 Å². The minimum absolute atomic E-state index is 0.552. The first-order valence-corrected chi connectivity index (χ1v) is 9.36. The molecule has 0 saturated heterocycles. The van der Waals surface area contributed by atoms with Gasteiger partial charge in [0.2, 0.25) is 11.6 Å². The number of aromatic nitrogens is 2. The molecule has 154 valence electrons. The second kappa shape index (κ2) is 8.24. The van der Waals surface area contributed by atoms with E-state index in [1.807, 2.05) is 30.3 Å². The number of anilines is 2. The second-order valence-electron chi connectivity index (χ2n) is 6.58. The zero-order valence-corrected chi connectivity index (χ0v) is 17.3. The number of H-pyrrole nitrogens is 1. The van der Waals surface area contributed by atoms with Gasteiger partial charge in [-0.3, -0.25) is 0 Å². The van der Waals surface area contributed by atoms with Crippen molar-refractivity contribution < 1.29 is 18.9 Å². The lowest BCUT2D eigenvalue weighted by Crippen LogP contribution is -1.98. The van der Waals surface area contributed by atoms with Crippen LogP contribution in [-0.4, -0.2) is 38.4 Å². The van der Waals surface area contributed by atoms with Gasteiger partial charge in [-0.05, 0) is 12.1 Å². The van der Waals surface area contributed by atoms with Gasteiger partial charge in [-0.2, -0.15) is 0 Å². The highest BCUT2D eigenvalue weighted by Gasteiger charge is 2.14. The molecule has 0 aliphatic rings. The van der Waals surface area contributed by atoms with E-state index in [2.05, 4.69) is 33.5 Å². The Kier molecular flexibility index (Phi) is 5.34. The maximum Gasteiger partial charge on any atom is 0.212 e. The Morgan fingerprint density at radius 1 is 0.833 bits per heavy atom. The molecule has 0 aliphatic heterocycles. The van der Waals surface area contributed by atoms with Gasteiger partial charge in [-0.1, -0.05) is 18.2 Å². The lowest BCUT2D eigenvalue weighted by Gasteiger charge is -2.14. The summed E-state index contributed by atoms with van der Waals surface area (Å²) in [6.45, 7) is 0. The highest BCUT2D eigenvalue weighted by atomic mass is 16.5. The van der Waals surface area contributed by atoms with E-state index < -0.39 is 0 Å². The highest BCUT2D eigenvalue weighted by Crippen LogP contribution is 2.41. The number of ether oxygens (including phenoxy) is 4. The normalized spacial score (nSPS) is 10.7. The second-order valence-corrected chi connectivity index (χ2v) is 6.58. The third kappa shape index (κ3) is 3.57. The van der Waals surface area contributed by atoms with Crippen LogP contribution in [0.1, 0.15) is 0 Å². The van der Waals surface area contributed by atoms with Gasteiger partial charge in [0.15, 0.2) is 11.5 Å². The molecule has 30 heavy (non-hydrogen) atoms. The van der Waals surface area contributed by atoms with E-state index in [4.69, 9.17) is 18.9 Å². The molecule has 0 atom stereocenters. The number of benzene rings is 2. The van der Waals surface area contributed by atoms with Crippen LogP contribution in [0.25, 0.3) is 22.0 Å². The van der Waals surface area contributed by atoms with Gasteiger partial charge in [0.05, 0.1) is 34.0 Å². The van der Waals surface area contributed by atoms with Crippen molar-refractivity contribution in [1.29, 1.82) is 0 Å². The Bertz CT molecular complexity index is 1140. The van der Waals surface area contributed by atoms with Gasteiger partial charge in [-0.15, -0.1) is 0 Å². The van der Waals surface area contributed by atoms with Crippen molar-refractivity contribution in [2.75, 3.05) is 33.8 Å². The lowest BCUT2D eigenvalue weighted by atomic mass is 10.1. The van der Waals surface area contributed by atoms with Crippen molar-refractivity contribution in [2.45, 2.75) is 0 Å². The van der Waals surface area contributed by atoms with Gasteiger partial charge >= 0.3 is 0 Å². The van der Waals surface area contributed by atoms with Gasteiger partial charge < -0.3 is 29.2 Å². The fraction of sp³-hybridized carbons (Fsp3) is 0.174. The van der Waals surface area contributed by atoms with E-state index in [9.17, 15) is 0 Å². The summed E-state index contributed by atoms with van der Waals surface area (Å²) < 4.78 is 21.4. The number of nitrogens with zero attached hydrogens (tertiary/aromatic N) is 1. The smallest absolute Gasteiger partial charge is 0.212 e. The maximum atomic E-state index is 5.44. The minimum atomic E-state index is 0.552. The maximum absolute atomic E-state index is 5.44. The lowest BCUT2D eigenvalue weighted by molar-refractivity contribution is 0.324. The van der Waals surface area contributed by atoms with Crippen LogP contribution in [0.5, 0.6) is 23.1 Å². The molecule has 0 fully saturated rings. The van der Waals surface area contributed by atoms with Crippen LogP contribution in [0.2, 0.25) is 0 Å². The van der Waals surface area contributed by atoms with Crippen LogP contribution in [0.3, 0.4) is 0 Å². The first-order chi connectivity index (χ1) is 14.7. The molecule has 0 radical (unpaired) electrons. The Morgan fingerprint density at radius 3 is 2.20 bits per heavy atom. The standard InChI is InChI=1S/C23H23N3O4/c1-27-18-11-16(12-19(28-2)23(18)30-4)25-20-10-14-6-5-7-17(22(14)26-20)15-8-9-21(29-3)24-13-15/h5-13,25-26H,1-4H3. The van der Waals surface area contributed by atoms with Gasteiger partial charge in [0, 0.05) is 46.6 Å². The number of hydrogen-bond donors (Lipinski definition) is 2. The summed E-state index contributed by atoms with van der Waals surface area (Å²) in [5.74, 6) is 3.15. The first kappa shape index (κ1) is 19.4. The van der Waals surface area contributed by atoms with E-state index in [1.54, 1.807) is 34.6 Å². The van der Waals surface area contributed by atoms with E-state index in [0.717, 1.165) is 33.5 Å². The van der Waals surface area contributed by atoms with Crippen molar-refractivity contribution >= 4 is 22.4 Å². The third-order valence-corrected chi connectivity index (χ3v) is 4.86. The van der Waals surface area contributed by atoms with E-state index >= 15 is 0 Å². The summed E-state index contributed by atoms with van der Waals surface area (Å²) in [7, 11) is 6.38. The predicted octanol–water partition coefficient (Wildman–Crippen LogP) is 5.01. The molecule has 7 nitrogen and oxygen atoms in total. The van der Waals surface area contributed by atoms with Crippen molar-refractivity contribution in [3.63, 3.8) is 0 Å². The molecule has 0 bridgehead atoms. The number of hydrogen-bond acceptors (Lipinski definition) is 6. The fourth-order valence-corrected chi connectivity index (χ4v) is 3.43. The third-order valence-electron chi connectivity index (χ3n) is 4.86. The first-order valence-electron chi connectivity index (χ1n) is 9.36. The molecule has 0 spiro atoms. The summed E-state index contributed by atoms with van der Waals surface area (Å²) in [5, 5.41) is 4.47. The fourth-order valence-electron chi connectivity index (χ4n) is 3.43. The molecule has 2 heterocycles. The Hall–Kier alpha value is -3.87. The Morgan fingerprint density at radius 2 is 1.60 bits per heavy atom. The summed E-state index contributed by atoms with van der Waals surface area (Å²) in [4.78, 5) is 7.78. The van der Waals surface area contributed by atoms with Crippen molar-refractivity contribution in [3.8, 4) is 34.3 Å². The number of rotatable bonds is 7. The quantitative estimate of drug-likeness (QED) is 0.450. The molecule has 2 aromatic carbocycles. The number of pyridine rings is 1. The number of aromatic amines is 1. The molecular formula is C23H23N3O4. The molecule has 2 aromatic heterocycles. The van der Waals surface area contributed by atoms with Gasteiger partial charge in [0.25, 0.3) is 0 Å². The van der Waals surface area contributed by atoms with Crippen molar-refractivity contribution in [3.05, 3.63) is 54.7 Å². The SMILES string of the molecule is COc1ccc(-c2cccc3cc(Nc4cc(OC)c(OC)c(OC)c4)[nH]c23)cn1. The van der Waals surface area contributed by atoms with E-state index in [1.165, 1.54) is 0 Å². The molecule has 0 amide bonds. The van der Waals surface area contributed by atoms with Crippen LogP contribution in [0, 0.1) is 0 Å². The Labute approximate surface area is 174 Å². The molecule has 0 unspecified atom stereocenters. The number of para-hydroxylation sites is 1. The van der Waals surface area contributed by atoms with Crippen LogP contribution in [-0.2, 0) is 0 Å². The summed E-state index contributed by atoms with van der Waals surface area (Å²) in [5.41, 5.74) is 3.88. The molecule has 2 N–H and O–H groups in total. The molecular weight excluding hydrogens is 382 g/mol. The van der Waals surface area contributed by atoms with Crippen LogP contribution < -0.4 is 24.3 Å². The van der Waals surface area contributed by atoms with Crippen LogP contribution in [0.15, 0.2) is 54.7 Å². The van der Waals surface area contributed by atoms with E-state index in [0.29, 0.717) is 23.1 Å². The van der Waals surface area contributed by atoms with Crippen LogP contribution >= 0.6 is 0 Å². The molecule has 7 heteroatoms. The largest absolute Gasteiger partial charge is 0.493 e. The molecule has 4 aromatic rings. The number of methoxy groups -OCH3 is 4. The van der Waals surface area contributed by atoms with Crippen molar-refractivity contribution in [2.24, 2.45) is 0 Å². The van der Waals surface area contributed by atoms with Crippen molar-refractivity contribution in [1.82, 2.24) is 9.97 Å². The average Bonchev–Trinajstić information content (AvgIpc) is 3.20. The predicted molar refractivity (Wildman–Crippen MR) is 117 cm³/mol. The number of nitrogens with one attached hydrogen (secondary N) is 2. The summed E-state index contributed by atoms with van der Waals surface area (Å²) in [6.07, 6.45) is 1.81.